The molecule has 702 valence electrons. The molecule has 4 saturated heterocycles. The van der Waals surface area contributed by atoms with Crippen molar-refractivity contribution in [3.8, 4) is 44.5 Å². The molecule has 4 aliphatic heterocycles. The highest BCUT2D eigenvalue weighted by atomic mass is 32.2. The van der Waals surface area contributed by atoms with Gasteiger partial charge in [0.15, 0.2) is 0 Å². The summed E-state index contributed by atoms with van der Waals surface area (Å²) in [6.07, 6.45) is 33.9. The fourth-order valence-corrected chi connectivity index (χ4v) is 23.1. The molecular weight excluding hydrogens is 1750 g/mol. The zero-order chi connectivity index (χ0) is 92.5. The number of aromatic nitrogens is 12. The van der Waals surface area contributed by atoms with E-state index in [1.807, 2.05) is 84.9 Å². The highest BCUT2D eigenvalue weighted by Gasteiger charge is 2.41. The molecule has 132 heavy (non-hydrogen) atoms. The average molecular weight is 1870 g/mol. The van der Waals surface area contributed by atoms with Gasteiger partial charge in [0.2, 0.25) is 0 Å². The number of carbonyl (C=O) groups is 1. The van der Waals surface area contributed by atoms with Gasteiger partial charge in [0.05, 0.1) is 63.9 Å². The maximum Gasteiger partial charge on any atom is 0.147 e. The van der Waals surface area contributed by atoms with Crippen LogP contribution in [0.15, 0.2) is 147 Å². The van der Waals surface area contributed by atoms with E-state index >= 15 is 0 Å². The highest BCUT2D eigenvalue weighted by molar-refractivity contribution is 7.91. The van der Waals surface area contributed by atoms with Crippen molar-refractivity contribution in [3.63, 3.8) is 0 Å². The van der Waals surface area contributed by atoms with Crippen molar-refractivity contribution in [2.75, 3.05) is 163 Å². The van der Waals surface area contributed by atoms with Gasteiger partial charge < -0.3 is 65.7 Å². The van der Waals surface area contributed by atoms with Crippen LogP contribution in [0.5, 0.6) is 0 Å². The number of sulfone groups is 4. The number of aryl methyl sites for hydroxylation is 4. The molecule has 20 rings (SSSR count). The number of aliphatic hydroxyl groups excluding tert-OH is 1. The molecule has 4 aromatic carbocycles. The minimum atomic E-state index is -3.03. The van der Waals surface area contributed by atoms with Crippen LogP contribution in [0.4, 0.5) is 23.3 Å². The fourth-order valence-electron chi connectivity index (χ4n) is 20.7. The van der Waals surface area contributed by atoms with Gasteiger partial charge in [0.1, 0.15) is 116 Å². The summed E-state index contributed by atoms with van der Waals surface area (Å²) in [5, 5.41) is 13.2. The Kier molecular flexibility index (Phi) is 28.2. The van der Waals surface area contributed by atoms with Crippen LogP contribution in [-0.4, -0.2) is 268 Å². The van der Waals surface area contributed by atoms with Crippen molar-refractivity contribution in [1.82, 2.24) is 77.7 Å². The predicted octanol–water partition coefficient (Wildman–Crippen LogP) is 10.9. The Balaban J connectivity index is 0.000000123. The Morgan fingerprint density at radius 2 is 0.659 bits per heavy atom. The number of hydrogen-bond donors (Lipinski definition) is 5. The molecule has 8 aromatic heterocycles. The first kappa shape index (κ1) is 93.6. The molecule has 35 heteroatoms. The molecule has 0 spiro atoms. The molecule has 1 atom stereocenters. The van der Waals surface area contributed by atoms with Crippen LogP contribution in [0.1, 0.15) is 124 Å². The molecule has 4 saturated carbocycles. The molecule has 12 heterocycles. The normalized spacial score (nSPS) is 22.2. The van der Waals surface area contributed by atoms with Gasteiger partial charge in [-0.2, -0.15) is 0 Å². The van der Waals surface area contributed by atoms with Crippen LogP contribution >= 0.6 is 0 Å². The van der Waals surface area contributed by atoms with Crippen molar-refractivity contribution in [3.05, 3.63) is 169 Å². The second-order valence-electron chi connectivity index (χ2n) is 38.6. The molecule has 9 N–H and O–H groups in total. The molecule has 8 aliphatic rings. The number of benzene rings is 4. The number of hydrogen-bond acceptors (Lipinski definition) is 27. The maximum atomic E-state index is 11.6. The third-order valence-electron chi connectivity index (χ3n) is 28.1. The van der Waals surface area contributed by atoms with Crippen molar-refractivity contribution in [1.29, 1.82) is 0 Å². The van der Waals surface area contributed by atoms with E-state index in [4.69, 9.17) is 27.7 Å². The number of nitrogen functional groups attached to an aromatic ring is 4. The van der Waals surface area contributed by atoms with Crippen LogP contribution in [0.25, 0.3) is 88.6 Å². The van der Waals surface area contributed by atoms with E-state index in [0.717, 1.165) is 247 Å². The second kappa shape index (κ2) is 39.8. The largest absolute Gasteiger partial charge is 0.392 e. The standard InChI is InChI=1S/C25H31N5O3S.2C24H31N5O3S.C24H31N5O2S/c1-16(31)20-12-29(13-20)11-18-9-21(10-18)30-14-22(23-24(26)27-15-28-25(23)30)19-5-3-4-17(8-19)6-7-34(2,32)33;1-33(30,31)10-5-17-3-2-4-19(11-17)21-15-29(24-22(21)23(25)26-16-27-24)20-12-18(13-20)14-28-6-8-32-9-7-28;1-33(31,32)8-6-16-3-2-4-18(9-16)21-14-29(24-22(21)23(25)26-15-27-24)19-10-17(11-19)12-28-7-5-20(30)13-28;1-32(30,31)10-7-17-5-4-6-19(11-17)21-15-29(24-22(21)23(25)26-16-27-24)20-12-18(13-20)14-28-8-2-3-9-28/h3-5,8,14-15,18,20-21H,6-7,9-13H2,1-2H3,(H2,26,27,28);2-4,11,15-16,18,20H,5-10,12-14H2,1H3,(H2,25,26,27);2-4,9,14-15,17,19-20,30H,5-8,10-13H2,1H3,(H2,25,26,27);4-6,11,15-16,18,20H,2-3,7-10,12-14H2,1H3,(H2,25,26,27)/t;;17?,19?,20-;/m..1./s1. The van der Waals surface area contributed by atoms with E-state index in [2.05, 4.69) is 115 Å². The SMILES string of the molecule is CC(=O)C1CN(CC2CC(n3cc(-c4cccc(CCS(C)(=O)=O)c4)c4c(N)ncnc43)C2)C1.CS(=O)(=O)CCc1cccc(-c2cn(C3CC(CN4CCCC4)C3)c3ncnc(N)c23)c1.CS(=O)(=O)CCc1cccc(-c2cn(C3CC(CN4CCOCC4)C3)c3ncnc(N)c23)c1.CS(=O)(=O)CCc1cccc(-c2cn(C3CC(CN4CC[C@@H](O)C4)C3)c3ncnc(N)c23)c1. The second-order valence-corrected chi connectivity index (χ2v) is 47.6. The van der Waals surface area contributed by atoms with E-state index in [-0.39, 0.29) is 35.0 Å². The van der Waals surface area contributed by atoms with Gasteiger partial charge in [-0.15, -0.1) is 0 Å². The van der Waals surface area contributed by atoms with Gasteiger partial charge in [-0.3, -0.25) is 9.69 Å². The lowest BCUT2D eigenvalue weighted by Gasteiger charge is -2.44. The van der Waals surface area contributed by atoms with Gasteiger partial charge in [0.25, 0.3) is 0 Å². The monoisotopic (exact) mass is 1870 g/mol. The molecule has 0 bridgehead atoms. The third kappa shape index (κ3) is 22.5. The fraction of sp³-hybridized carbons (Fsp3) is 0.495. The number of β-amino-alcohol motifs (C(OH)–C–C–N with tert-alkyl or cyclic N) is 1. The summed E-state index contributed by atoms with van der Waals surface area (Å²) in [4.78, 5) is 56.6. The van der Waals surface area contributed by atoms with Gasteiger partial charge in [-0.1, -0.05) is 97.1 Å². The minimum absolute atomic E-state index is 0.122. The van der Waals surface area contributed by atoms with Gasteiger partial charge in [-0.25, -0.2) is 73.5 Å². The van der Waals surface area contributed by atoms with E-state index in [9.17, 15) is 43.6 Å². The van der Waals surface area contributed by atoms with Gasteiger partial charge in [0, 0.05) is 168 Å². The van der Waals surface area contributed by atoms with Crippen LogP contribution in [0.3, 0.4) is 0 Å². The number of likely N-dealkylation sites (tertiary alicyclic amines) is 3. The topological polar surface area (TPSA) is 423 Å². The van der Waals surface area contributed by atoms with E-state index in [1.165, 1.54) is 76.5 Å². The van der Waals surface area contributed by atoms with Crippen LogP contribution < -0.4 is 22.9 Å². The zero-order valence-electron chi connectivity index (χ0n) is 76.1. The maximum absolute atomic E-state index is 11.6. The number of morpholine rings is 1. The first-order valence-corrected chi connectivity index (χ1v) is 54.6. The number of nitrogens with zero attached hydrogens (tertiary/aromatic N) is 16. The lowest BCUT2D eigenvalue weighted by Crippen LogP contribution is -2.52. The zero-order valence-corrected chi connectivity index (χ0v) is 79.4. The molecule has 8 fully saturated rings. The van der Waals surface area contributed by atoms with Crippen molar-refractivity contribution >= 4 is 113 Å². The van der Waals surface area contributed by atoms with Crippen LogP contribution in [-0.2, 0) is 74.6 Å². The summed E-state index contributed by atoms with van der Waals surface area (Å²) >= 11 is 0. The number of nitrogens with two attached hydrogens (primary N) is 4. The Morgan fingerprint density at radius 1 is 0.379 bits per heavy atom. The number of ether oxygens (including phenoxy) is 1. The van der Waals surface area contributed by atoms with Crippen LogP contribution in [0.2, 0.25) is 0 Å². The van der Waals surface area contributed by atoms with Gasteiger partial charge >= 0.3 is 0 Å². The lowest BCUT2D eigenvalue weighted by molar-refractivity contribution is -0.126. The highest BCUT2D eigenvalue weighted by Crippen LogP contribution is 2.49. The van der Waals surface area contributed by atoms with Crippen molar-refractivity contribution in [2.24, 2.45) is 29.6 Å². The third-order valence-corrected chi connectivity index (χ3v) is 31.9. The summed E-state index contributed by atoms with van der Waals surface area (Å²) in [7, 11) is -12.1. The smallest absolute Gasteiger partial charge is 0.147 e. The Labute approximate surface area is 773 Å². The van der Waals surface area contributed by atoms with E-state index in [1.54, 1.807) is 13.3 Å². The van der Waals surface area contributed by atoms with Gasteiger partial charge in [-0.05, 0) is 185 Å². The first-order valence-electron chi connectivity index (χ1n) is 46.4. The quantitative estimate of drug-likeness (QED) is 0.0291. The molecule has 0 radical (unpaired) electrons. The Bertz CT molecular complexity index is 6480. The first-order chi connectivity index (χ1) is 63.2. The summed E-state index contributed by atoms with van der Waals surface area (Å²) in [6.45, 7) is 15.9. The minimum Gasteiger partial charge on any atom is -0.392 e. The number of carbonyl (C=O) groups excluding carboxylic acids is 1. The van der Waals surface area contributed by atoms with E-state index in [0.29, 0.717) is 96.7 Å². The molecule has 4 aliphatic carbocycles. The molecule has 31 nitrogen and oxygen atoms in total. The summed E-state index contributed by atoms with van der Waals surface area (Å²) in [6, 6.07) is 33.6. The average Bonchev–Trinajstić information content (AvgIpc) is 1.61. The summed E-state index contributed by atoms with van der Waals surface area (Å²) < 4.78 is 107. The van der Waals surface area contributed by atoms with Crippen LogP contribution in [0, 0.1) is 29.6 Å². The Morgan fingerprint density at radius 3 is 0.932 bits per heavy atom. The van der Waals surface area contributed by atoms with Crippen molar-refractivity contribution < 1.29 is 48.3 Å². The van der Waals surface area contributed by atoms with E-state index < -0.39 is 39.3 Å². The number of rotatable bonds is 29. The number of Topliss-reactive ketones (excluding diaryl/α,β-unsaturated/α-hetero) is 1. The number of aliphatic hydroxyl groups is 1. The lowest BCUT2D eigenvalue weighted by atomic mass is 9.78. The molecule has 0 amide bonds. The number of anilines is 4. The van der Waals surface area contributed by atoms with Crippen molar-refractivity contribution in [2.45, 2.75) is 134 Å². The summed E-state index contributed by atoms with van der Waals surface area (Å²) in [5.74, 6) is 5.59. The summed E-state index contributed by atoms with van der Waals surface area (Å²) in [5.41, 5.74) is 40.6. The molecule has 12 aromatic rings. The predicted molar refractivity (Wildman–Crippen MR) is 521 cm³/mol. The number of ketones is 1. The number of fused-ring (bicyclic) bond motifs is 4. The molecule has 0 unspecified atom stereocenters. The molecular formula is C97H124N20O11S4. The Hall–Kier alpha value is -10.2.